The van der Waals surface area contributed by atoms with Gasteiger partial charge in [-0.3, -0.25) is 0 Å². The predicted octanol–water partition coefficient (Wildman–Crippen LogP) is 2.76. The Balaban J connectivity index is 2.03. The van der Waals surface area contributed by atoms with Crippen molar-refractivity contribution in [1.29, 1.82) is 0 Å². The molecule has 2 amide bonds. The van der Waals surface area contributed by atoms with Gasteiger partial charge in [-0.05, 0) is 37.5 Å². The standard InChI is InChI=1S/C17H23N3O/c1-13-9-10-14(6-5-11-18)16(12-13)20-17(21)19-15-7-3-2-4-8-15/h9-10,12,15H,2-4,7-8,11,18H2,1H3,(H2,19,20,21). The lowest BCUT2D eigenvalue weighted by molar-refractivity contribution is 0.244. The van der Waals surface area contributed by atoms with E-state index < -0.39 is 0 Å². The van der Waals surface area contributed by atoms with Crippen molar-refractivity contribution in [3.05, 3.63) is 29.3 Å². The van der Waals surface area contributed by atoms with Crippen molar-refractivity contribution in [1.82, 2.24) is 5.32 Å². The fourth-order valence-corrected chi connectivity index (χ4v) is 2.61. The van der Waals surface area contributed by atoms with Gasteiger partial charge in [0.25, 0.3) is 0 Å². The van der Waals surface area contributed by atoms with E-state index in [4.69, 9.17) is 5.73 Å². The molecule has 4 nitrogen and oxygen atoms in total. The lowest BCUT2D eigenvalue weighted by Crippen LogP contribution is -2.39. The van der Waals surface area contributed by atoms with Crippen molar-refractivity contribution in [3.63, 3.8) is 0 Å². The molecule has 0 atom stereocenters. The molecule has 2 rings (SSSR count). The highest BCUT2D eigenvalue weighted by Gasteiger charge is 2.16. The predicted molar refractivity (Wildman–Crippen MR) is 86.1 cm³/mol. The maximum Gasteiger partial charge on any atom is 0.319 e. The first-order valence-corrected chi connectivity index (χ1v) is 7.56. The van der Waals surface area contributed by atoms with E-state index in [2.05, 4.69) is 22.5 Å². The van der Waals surface area contributed by atoms with Crippen LogP contribution in [0.4, 0.5) is 10.5 Å². The zero-order valence-electron chi connectivity index (χ0n) is 12.5. The highest BCUT2D eigenvalue weighted by molar-refractivity contribution is 5.91. The molecule has 0 aliphatic heterocycles. The number of nitrogens with two attached hydrogens (primary N) is 1. The molecule has 112 valence electrons. The molecule has 1 aliphatic rings. The monoisotopic (exact) mass is 285 g/mol. The summed E-state index contributed by atoms with van der Waals surface area (Å²) in [4.78, 5) is 12.1. The van der Waals surface area contributed by atoms with Gasteiger partial charge < -0.3 is 16.4 Å². The van der Waals surface area contributed by atoms with E-state index in [1.54, 1.807) is 0 Å². The zero-order chi connectivity index (χ0) is 15.1. The molecule has 0 unspecified atom stereocenters. The van der Waals surface area contributed by atoms with E-state index in [0.717, 1.165) is 29.7 Å². The van der Waals surface area contributed by atoms with Gasteiger partial charge >= 0.3 is 6.03 Å². The maximum absolute atomic E-state index is 12.1. The smallest absolute Gasteiger partial charge is 0.319 e. The first kappa shape index (κ1) is 15.4. The number of rotatable bonds is 2. The van der Waals surface area contributed by atoms with Crippen LogP contribution in [0.15, 0.2) is 18.2 Å². The van der Waals surface area contributed by atoms with Crippen molar-refractivity contribution in [2.24, 2.45) is 5.73 Å². The van der Waals surface area contributed by atoms with Crippen LogP contribution in [0.5, 0.6) is 0 Å². The van der Waals surface area contributed by atoms with Crippen LogP contribution in [0, 0.1) is 18.8 Å². The van der Waals surface area contributed by atoms with Crippen LogP contribution in [0.1, 0.15) is 43.2 Å². The number of hydrogen-bond acceptors (Lipinski definition) is 2. The molecular formula is C17H23N3O. The zero-order valence-corrected chi connectivity index (χ0v) is 12.5. The molecular weight excluding hydrogens is 262 g/mol. The van der Waals surface area contributed by atoms with Crippen LogP contribution in [-0.4, -0.2) is 18.6 Å². The Morgan fingerprint density at radius 2 is 2.10 bits per heavy atom. The van der Waals surface area contributed by atoms with E-state index in [0.29, 0.717) is 12.6 Å². The Bertz CT molecular complexity index is 551. The van der Waals surface area contributed by atoms with Gasteiger partial charge in [0.05, 0.1) is 12.2 Å². The van der Waals surface area contributed by atoms with Gasteiger partial charge in [0.15, 0.2) is 0 Å². The van der Waals surface area contributed by atoms with Crippen LogP contribution in [0.2, 0.25) is 0 Å². The molecule has 0 aromatic heterocycles. The molecule has 4 N–H and O–H groups in total. The second kappa shape index (κ2) is 7.70. The van der Waals surface area contributed by atoms with Crippen LogP contribution in [0.3, 0.4) is 0 Å². The number of urea groups is 1. The highest BCUT2D eigenvalue weighted by Crippen LogP contribution is 2.19. The van der Waals surface area contributed by atoms with Crippen LogP contribution < -0.4 is 16.4 Å². The lowest BCUT2D eigenvalue weighted by Gasteiger charge is -2.23. The van der Waals surface area contributed by atoms with Crippen molar-refractivity contribution < 1.29 is 4.79 Å². The average molecular weight is 285 g/mol. The SMILES string of the molecule is Cc1ccc(C#CCN)c(NC(=O)NC2CCCCC2)c1. The summed E-state index contributed by atoms with van der Waals surface area (Å²) in [6.45, 7) is 2.30. The van der Waals surface area contributed by atoms with Gasteiger partial charge in [-0.25, -0.2) is 4.79 Å². The second-order valence-corrected chi connectivity index (χ2v) is 5.49. The minimum absolute atomic E-state index is 0.150. The number of hydrogen-bond donors (Lipinski definition) is 3. The van der Waals surface area contributed by atoms with E-state index in [1.807, 2.05) is 25.1 Å². The highest BCUT2D eigenvalue weighted by atomic mass is 16.2. The van der Waals surface area contributed by atoms with Gasteiger partial charge in [0.1, 0.15) is 0 Å². The normalized spacial score (nSPS) is 15.0. The number of nitrogens with one attached hydrogen (secondary N) is 2. The minimum atomic E-state index is -0.150. The number of carbonyl (C=O) groups excluding carboxylic acids is 1. The molecule has 0 radical (unpaired) electrons. The van der Waals surface area contributed by atoms with Crippen LogP contribution >= 0.6 is 0 Å². The summed E-state index contributed by atoms with van der Waals surface area (Å²) in [5.41, 5.74) is 8.03. The van der Waals surface area contributed by atoms with Gasteiger partial charge in [0, 0.05) is 11.6 Å². The maximum atomic E-state index is 12.1. The summed E-state index contributed by atoms with van der Waals surface area (Å²) in [6, 6.07) is 5.96. The molecule has 0 heterocycles. The topological polar surface area (TPSA) is 67.1 Å². The molecule has 1 aliphatic carbocycles. The Morgan fingerprint density at radius 3 is 2.81 bits per heavy atom. The first-order chi connectivity index (χ1) is 10.2. The summed E-state index contributed by atoms with van der Waals surface area (Å²) in [7, 11) is 0. The van der Waals surface area contributed by atoms with Crippen LogP contribution in [0.25, 0.3) is 0 Å². The lowest BCUT2D eigenvalue weighted by atomic mass is 9.96. The number of aryl methyl sites for hydroxylation is 1. The Hall–Kier alpha value is -1.99. The van der Waals surface area contributed by atoms with Crippen molar-refractivity contribution in [3.8, 4) is 11.8 Å². The Labute approximate surface area is 126 Å². The van der Waals surface area contributed by atoms with Gasteiger partial charge in [-0.1, -0.05) is 37.2 Å². The molecule has 0 bridgehead atoms. The van der Waals surface area contributed by atoms with E-state index >= 15 is 0 Å². The molecule has 0 saturated heterocycles. The van der Waals surface area contributed by atoms with Gasteiger partial charge in [-0.15, -0.1) is 0 Å². The third-order valence-electron chi connectivity index (χ3n) is 3.69. The molecule has 4 heteroatoms. The third-order valence-corrected chi connectivity index (χ3v) is 3.69. The Morgan fingerprint density at radius 1 is 1.33 bits per heavy atom. The van der Waals surface area contributed by atoms with Gasteiger partial charge in [-0.2, -0.15) is 0 Å². The fraction of sp³-hybridized carbons (Fsp3) is 0.471. The average Bonchev–Trinajstić information content (AvgIpc) is 2.47. The first-order valence-electron chi connectivity index (χ1n) is 7.56. The van der Waals surface area contributed by atoms with Crippen molar-refractivity contribution >= 4 is 11.7 Å². The number of anilines is 1. The van der Waals surface area contributed by atoms with E-state index in [9.17, 15) is 4.79 Å². The number of carbonyl (C=O) groups is 1. The molecule has 21 heavy (non-hydrogen) atoms. The molecule has 1 aromatic rings. The van der Waals surface area contributed by atoms with Crippen molar-refractivity contribution in [2.75, 3.05) is 11.9 Å². The largest absolute Gasteiger partial charge is 0.335 e. The summed E-state index contributed by atoms with van der Waals surface area (Å²) < 4.78 is 0. The second-order valence-electron chi connectivity index (χ2n) is 5.49. The van der Waals surface area contributed by atoms with Crippen molar-refractivity contribution in [2.45, 2.75) is 45.1 Å². The minimum Gasteiger partial charge on any atom is -0.335 e. The van der Waals surface area contributed by atoms with E-state index in [-0.39, 0.29) is 6.03 Å². The fourth-order valence-electron chi connectivity index (χ4n) is 2.61. The van der Waals surface area contributed by atoms with Crippen LogP contribution in [-0.2, 0) is 0 Å². The van der Waals surface area contributed by atoms with E-state index in [1.165, 1.54) is 19.3 Å². The molecule has 1 fully saturated rings. The summed E-state index contributed by atoms with van der Waals surface area (Å²) in [5.74, 6) is 5.82. The molecule has 0 spiro atoms. The quantitative estimate of drug-likeness (QED) is 0.731. The number of amides is 2. The Kier molecular flexibility index (Phi) is 5.65. The third kappa shape index (κ3) is 4.80. The summed E-state index contributed by atoms with van der Waals surface area (Å²) in [5, 5.41) is 5.96. The number of benzene rings is 1. The van der Waals surface area contributed by atoms with Gasteiger partial charge in [0.2, 0.25) is 0 Å². The summed E-state index contributed by atoms with van der Waals surface area (Å²) in [6.07, 6.45) is 5.81. The molecule has 1 saturated carbocycles. The molecule has 1 aromatic carbocycles. The summed E-state index contributed by atoms with van der Waals surface area (Å²) >= 11 is 0.